The number of benzene rings is 2. The molecule has 0 amide bonds. The molecule has 2 aromatic rings. The number of aryl methyl sites for hydroxylation is 1. The molecule has 0 radical (unpaired) electrons. The summed E-state index contributed by atoms with van der Waals surface area (Å²) >= 11 is 0. The molecular weight excluding hydrogens is 274 g/mol. The molecule has 0 saturated carbocycles. The zero-order chi connectivity index (χ0) is 14.2. The molecule has 3 rings (SSSR count). The van der Waals surface area contributed by atoms with Crippen molar-refractivity contribution in [3.8, 4) is 5.75 Å². The topological polar surface area (TPSA) is 61.6 Å². The van der Waals surface area contributed by atoms with Gasteiger partial charge in [-0.2, -0.15) is 0 Å². The molecule has 0 spiro atoms. The van der Waals surface area contributed by atoms with Gasteiger partial charge in [0.15, 0.2) is 0 Å². The smallest absolute Gasteiger partial charge is 0.385 e. The van der Waals surface area contributed by atoms with Crippen LogP contribution in [0.3, 0.4) is 0 Å². The van der Waals surface area contributed by atoms with Gasteiger partial charge in [0.2, 0.25) is 0 Å². The predicted molar refractivity (Wildman–Crippen MR) is 78.5 cm³/mol. The van der Waals surface area contributed by atoms with Gasteiger partial charge in [0, 0.05) is 5.39 Å². The lowest BCUT2D eigenvalue weighted by Gasteiger charge is -2.31. The average molecular weight is 289 g/mol. The van der Waals surface area contributed by atoms with Gasteiger partial charge in [0.1, 0.15) is 22.8 Å². The molecule has 0 N–H and O–H groups in total. The Bertz CT molecular complexity index is 675. The van der Waals surface area contributed by atoms with Crippen molar-refractivity contribution in [2.75, 3.05) is 6.61 Å². The summed E-state index contributed by atoms with van der Waals surface area (Å²) in [5, 5.41) is 13.4. The molecule has 1 unspecified atom stereocenters. The van der Waals surface area contributed by atoms with Gasteiger partial charge in [-0.25, -0.2) is 0 Å². The van der Waals surface area contributed by atoms with Crippen LogP contribution in [0, 0.1) is 10.1 Å². The molecule has 2 aromatic carbocycles. The first-order valence-electron chi connectivity index (χ1n) is 6.49. The summed E-state index contributed by atoms with van der Waals surface area (Å²) in [7, 11) is 0.457. The number of nitrogens with zero attached hydrogens (tertiary/aromatic N) is 1. The second-order valence-corrected chi connectivity index (χ2v) is 5.59. The largest absolute Gasteiger partial charge is 0.425 e. The number of hydrogen-bond acceptors (Lipinski definition) is 4. The molecule has 1 heterocycles. The molecule has 0 aliphatic carbocycles. The third kappa shape index (κ3) is 1.97. The first-order chi connectivity index (χ1) is 9.66. The Morgan fingerprint density at radius 1 is 1.35 bits per heavy atom. The highest BCUT2D eigenvalue weighted by atomic mass is 28.2. The van der Waals surface area contributed by atoms with Crippen molar-refractivity contribution >= 4 is 21.3 Å². The zero-order valence-corrected chi connectivity index (χ0v) is 13.2. The minimum atomic E-state index is -1.45. The maximum Gasteiger partial charge on any atom is 0.385 e. The van der Waals surface area contributed by atoms with E-state index in [9.17, 15) is 10.1 Å². The van der Waals surface area contributed by atoms with Gasteiger partial charge in [-0.15, -0.1) is 0 Å². The summed E-state index contributed by atoms with van der Waals surface area (Å²) in [6.45, 7) is 0.00881. The fraction of sp³-hybridized carbons (Fsp3) is 0.286. The van der Waals surface area contributed by atoms with Crippen molar-refractivity contribution in [3.63, 3.8) is 0 Å². The zero-order valence-electron chi connectivity index (χ0n) is 11.2. The van der Waals surface area contributed by atoms with Crippen molar-refractivity contribution in [2.24, 2.45) is 0 Å². The van der Waals surface area contributed by atoms with Gasteiger partial charge in [0.05, 0.1) is 11.3 Å². The molecule has 0 fully saturated rings. The van der Waals surface area contributed by atoms with Crippen molar-refractivity contribution in [2.45, 2.75) is 18.6 Å². The first kappa shape index (κ1) is 13.1. The molecule has 104 valence electrons. The Morgan fingerprint density at radius 3 is 2.90 bits per heavy atom. The van der Waals surface area contributed by atoms with E-state index in [4.69, 9.17) is 9.16 Å². The molecule has 0 bridgehead atoms. The minimum Gasteiger partial charge on any atom is -0.425 e. The highest BCUT2D eigenvalue weighted by molar-refractivity contribution is 5.98. The maximum atomic E-state index is 11.4. The highest BCUT2D eigenvalue weighted by Crippen LogP contribution is 2.39. The highest BCUT2D eigenvalue weighted by Gasteiger charge is 2.48. The Labute approximate surface area is 119 Å². The van der Waals surface area contributed by atoms with Crippen LogP contribution in [0.5, 0.6) is 5.75 Å². The van der Waals surface area contributed by atoms with Crippen LogP contribution in [0.2, 0.25) is 0 Å². The molecular formula is C14H15NO4Si. The van der Waals surface area contributed by atoms with Gasteiger partial charge in [-0.1, -0.05) is 36.4 Å². The summed E-state index contributed by atoms with van der Waals surface area (Å²) in [6.07, 6.45) is 0.972. The van der Waals surface area contributed by atoms with Crippen LogP contribution in [0.25, 0.3) is 10.8 Å². The van der Waals surface area contributed by atoms with Crippen LogP contribution >= 0.6 is 0 Å². The third-order valence-electron chi connectivity index (χ3n) is 3.74. The summed E-state index contributed by atoms with van der Waals surface area (Å²) in [4.78, 5) is 11.1. The van der Waals surface area contributed by atoms with Crippen molar-refractivity contribution in [1.29, 1.82) is 0 Å². The maximum absolute atomic E-state index is 11.4. The molecule has 20 heavy (non-hydrogen) atoms. The van der Waals surface area contributed by atoms with Crippen molar-refractivity contribution in [3.05, 3.63) is 52.1 Å². The number of nitro groups is 1. The Kier molecular flexibility index (Phi) is 3.19. The second kappa shape index (κ2) is 4.88. The number of hydrogen-bond donors (Lipinski definition) is 0. The van der Waals surface area contributed by atoms with Gasteiger partial charge in [-0.3, -0.25) is 10.1 Å². The second-order valence-electron chi connectivity index (χ2n) is 5.01. The molecule has 5 nitrogen and oxygen atoms in total. The lowest BCUT2D eigenvalue weighted by Crippen LogP contribution is -2.50. The molecule has 6 heteroatoms. The van der Waals surface area contributed by atoms with E-state index in [1.807, 2.05) is 36.4 Å². The van der Waals surface area contributed by atoms with Gasteiger partial charge in [0.25, 0.3) is 0 Å². The van der Waals surface area contributed by atoms with E-state index < -0.39 is 5.72 Å². The molecule has 0 saturated heterocycles. The van der Waals surface area contributed by atoms with E-state index in [2.05, 4.69) is 0 Å². The molecule has 1 aliphatic heterocycles. The van der Waals surface area contributed by atoms with Crippen LogP contribution < -0.4 is 4.74 Å². The van der Waals surface area contributed by atoms with Crippen molar-refractivity contribution < 1.29 is 14.1 Å². The first-order valence-corrected chi connectivity index (χ1v) is 7.31. The SMILES string of the molecule is O=[N+]([O-])C1(CO[SiH3])CCc2ccc3ccccc3c2O1. The van der Waals surface area contributed by atoms with Crippen LogP contribution in [0.1, 0.15) is 12.0 Å². The molecule has 1 aliphatic rings. The lowest BCUT2D eigenvalue weighted by atomic mass is 9.95. The Morgan fingerprint density at radius 2 is 2.15 bits per heavy atom. The summed E-state index contributed by atoms with van der Waals surface area (Å²) in [6, 6.07) is 11.8. The summed E-state index contributed by atoms with van der Waals surface area (Å²) in [5.41, 5.74) is -0.423. The minimum absolute atomic E-state index is 0.00881. The summed E-state index contributed by atoms with van der Waals surface area (Å²) < 4.78 is 11.0. The lowest BCUT2D eigenvalue weighted by molar-refractivity contribution is -0.621. The van der Waals surface area contributed by atoms with E-state index in [1.54, 1.807) is 0 Å². The normalized spacial score (nSPS) is 21.4. The Hall–Kier alpha value is -1.92. The number of fused-ring (bicyclic) bond motifs is 3. The number of ether oxygens (including phenoxy) is 1. The van der Waals surface area contributed by atoms with Crippen LogP contribution in [-0.2, 0) is 10.8 Å². The van der Waals surface area contributed by atoms with E-state index in [0.717, 1.165) is 16.3 Å². The van der Waals surface area contributed by atoms with Gasteiger partial charge >= 0.3 is 5.72 Å². The fourth-order valence-electron chi connectivity index (χ4n) is 2.68. The van der Waals surface area contributed by atoms with E-state index in [1.165, 1.54) is 0 Å². The van der Waals surface area contributed by atoms with Gasteiger partial charge in [-0.05, 0) is 17.4 Å². The third-order valence-corrected chi connectivity index (χ3v) is 4.03. The van der Waals surface area contributed by atoms with E-state index in [-0.39, 0.29) is 11.5 Å². The standard InChI is InChI=1S/C14H15NO4Si/c16-15(17)14(9-18-20)8-7-11-6-5-10-3-1-2-4-12(10)13(11)19-14/h1-6H,7-9H2,20H3. The monoisotopic (exact) mass is 289 g/mol. The van der Waals surface area contributed by atoms with Gasteiger partial charge < -0.3 is 9.16 Å². The number of rotatable bonds is 3. The van der Waals surface area contributed by atoms with Crippen LogP contribution in [0.15, 0.2) is 36.4 Å². The fourth-order valence-corrected chi connectivity index (χ4v) is 3.14. The van der Waals surface area contributed by atoms with Crippen LogP contribution in [-0.4, -0.2) is 27.7 Å². The predicted octanol–water partition coefficient (Wildman–Crippen LogP) is 1.43. The average Bonchev–Trinajstić information content (AvgIpc) is 2.47. The van der Waals surface area contributed by atoms with E-state index >= 15 is 0 Å². The van der Waals surface area contributed by atoms with E-state index in [0.29, 0.717) is 29.1 Å². The Balaban J connectivity index is 2.13. The molecule has 0 aromatic heterocycles. The quantitative estimate of drug-likeness (QED) is 0.487. The van der Waals surface area contributed by atoms with Crippen LogP contribution in [0.4, 0.5) is 0 Å². The molecule has 1 atom stereocenters. The van der Waals surface area contributed by atoms with Crippen molar-refractivity contribution in [1.82, 2.24) is 0 Å². The summed E-state index contributed by atoms with van der Waals surface area (Å²) in [5.74, 6) is 0.629.